The lowest BCUT2D eigenvalue weighted by Gasteiger charge is -2.18. The molecule has 146 valence electrons. The van der Waals surface area contributed by atoms with Crippen molar-refractivity contribution in [2.75, 3.05) is 11.9 Å². The summed E-state index contributed by atoms with van der Waals surface area (Å²) in [4.78, 5) is 2.17. The van der Waals surface area contributed by atoms with Crippen molar-refractivity contribution in [1.29, 1.82) is 0 Å². The van der Waals surface area contributed by atoms with E-state index < -0.39 is 0 Å². The lowest BCUT2D eigenvalue weighted by molar-refractivity contribution is 1.21. The summed E-state index contributed by atoms with van der Waals surface area (Å²) >= 11 is 0. The molecule has 0 spiro atoms. The van der Waals surface area contributed by atoms with Gasteiger partial charge in [0.05, 0.1) is 0 Å². The van der Waals surface area contributed by atoms with Crippen LogP contribution in [-0.4, -0.2) is 7.05 Å². The fourth-order valence-electron chi connectivity index (χ4n) is 1.45. The van der Waals surface area contributed by atoms with E-state index in [2.05, 4.69) is 86.8 Å². The highest BCUT2D eigenvalue weighted by Crippen LogP contribution is 2.21. The minimum absolute atomic E-state index is 1.21. The van der Waals surface area contributed by atoms with Gasteiger partial charge in [-0.2, -0.15) is 0 Å². The van der Waals surface area contributed by atoms with E-state index in [1.54, 1.807) is 12.2 Å². The molecule has 0 aliphatic carbocycles. The summed E-state index contributed by atoms with van der Waals surface area (Å²) in [6.07, 6.45) is 3.28. The van der Waals surface area contributed by atoms with Gasteiger partial charge in [0, 0.05) is 18.4 Å². The van der Waals surface area contributed by atoms with Crippen LogP contribution in [0.3, 0.4) is 0 Å². The van der Waals surface area contributed by atoms with Crippen LogP contribution in [0.2, 0.25) is 0 Å². The van der Waals surface area contributed by atoms with Gasteiger partial charge in [0.2, 0.25) is 0 Å². The largest absolute Gasteiger partial charge is 0.345 e. The van der Waals surface area contributed by atoms with Gasteiger partial charge in [0.1, 0.15) is 0 Å². The average Bonchev–Trinajstić information content (AvgIpc) is 2.80. The molecular formula is C25H41N. The summed E-state index contributed by atoms with van der Waals surface area (Å²) in [5, 5.41) is 0. The quantitative estimate of drug-likeness (QED) is 0.393. The molecule has 0 saturated heterocycles. The maximum absolute atomic E-state index is 3.36. The van der Waals surface area contributed by atoms with Crippen molar-refractivity contribution in [2.45, 2.75) is 41.5 Å². The first-order valence-corrected chi connectivity index (χ1v) is 9.37. The van der Waals surface area contributed by atoms with E-state index >= 15 is 0 Å². The van der Waals surface area contributed by atoms with E-state index in [0.29, 0.717) is 0 Å². The van der Waals surface area contributed by atoms with Crippen LogP contribution in [0.1, 0.15) is 41.5 Å². The van der Waals surface area contributed by atoms with Gasteiger partial charge in [0.15, 0.2) is 0 Å². The van der Waals surface area contributed by atoms with Gasteiger partial charge in [-0.05, 0) is 24.3 Å². The molecule has 0 unspecified atom stereocenters. The predicted octanol–water partition coefficient (Wildman–Crippen LogP) is 8.69. The van der Waals surface area contributed by atoms with E-state index in [4.69, 9.17) is 0 Å². The zero-order chi connectivity index (χ0) is 21.2. The number of para-hydroxylation sites is 2. The molecule has 0 saturated carbocycles. The molecule has 0 aliphatic heterocycles. The highest BCUT2D eigenvalue weighted by atomic mass is 15.1. The van der Waals surface area contributed by atoms with Crippen LogP contribution in [0, 0.1) is 0 Å². The monoisotopic (exact) mass is 355 g/mol. The Morgan fingerprint density at radius 2 is 0.808 bits per heavy atom. The van der Waals surface area contributed by atoms with Crippen molar-refractivity contribution >= 4 is 11.4 Å². The zero-order valence-corrected chi connectivity index (χ0v) is 18.2. The summed E-state index contributed by atoms with van der Waals surface area (Å²) in [7, 11) is 2.07. The maximum Gasteiger partial charge on any atom is 0.0408 e. The van der Waals surface area contributed by atoms with E-state index in [-0.39, 0.29) is 0 Å². The summed E-state index contributed by atoms with van der Waals surface area (Å²) in [5.41, 5.74) is 2.41. The summed E-state index contributed by atoms with van der Waals surface area (Å²) < 4.78 is 0. The number of rotatable bonds is 3. The Hall–Kier alpha value is -2.54. The highest BCUT2D eigenvalue weighted by Gasteiger charge is 2.00. The first-order valence-electron chi connectivity index (χ1n) is 9.37. The first kappa shape index (κ1) is 31.3. The summed E-state index contributed by atoms with van der Waals surface area (Å²) in [6.45, 7) is 24.7. The lowest BCUT2D eigenvalue weighted by Crippen LogP contribution is -2.08. The van der Waals surface area contributed by atoms with Crippen LogP contribution < -0.4 is 4.90 Å². The number of hydrogen-bond acceptors (Lipinski definition) is 1. The van der Waals surface area contributed by atoms with E-state index in [1.807, 2.05) is 53.7 Å². The molecule has 0 radical (unpaired) electrons. The van der Waals surface area contributed by atoms with E-state index in [0.717, 1.165) is 0 Å². The molecule has 0 N–H and O–H groups in total. The normalized spacial score (nSPS) is 6.88. The van der Waals surface area contributed by atoms with Crippen LogP contribution >= 0.6 is 0 Å². The van der Waals surface area contributed by atoms with Crippen molar-refractivity contribution in [1.82, 2.24) is 0 Å². The number of hydrogen-bond donors (Lipinski definition) is 0. The third-order valence-corrected chi connectivity index (χ3v) is 2.45. The number of benzene rings is 2. The molecule has 2 rings (SSSR count). The Labute approximate surface area is 164 Å². The van der Waals surface area contributed by atoms with Gasteiger partial charge >= 0.3 is 0 Å². The van der Waals surface area contributed by atoms with Crippen molar-refractivity contribution in [3.8, 4) is 0 Å². The molecule has 0 atom stereocenters. The molecule has 1 heteroatoms. The predicted molar refractivity (Wildman–Crippen MR) is 127 cm³/mol. The molecule has 1 nitrogen and oxygen atoms in total. The molecule has 0 aromatic heterocycles. The first-order chi connectivity index (χ1) is 12.8. The van der Waals surface area contributed by atoms with E-state index in [9.17, 15) is 0 Å². The number of anilines is 2. The third kappa shape index (κ3) is 17.8. The van der Waals surface area contributed by atoms with Gasteiger partial charge in [-0.3, -0.25) is 0 Å². The minimum Gasteiger partial charge on any atom is -0.345 e. The molecule has 0 heterocycles. The van der Waals surface area contributed by atoms with Crippen LogP contribution in [-0.2, 0) is 0 Å². The van der Waals surface area contributed by atoms with Gasteiger partial charge in [-0.1, -0.05) is 103 Å². The maximum atomic E-state index is 3.36. The third-order valence-electron chi connectivity index (χ3n) is 2.45. The van der Waals surface area contributed by atoms with Gasteiger partial charge in [-0.15, -0.1) is 13.2 Å². The van der Waals surface area contributed by atoms with Crippen molar-refractivity contribution in [3.05, 3.63) is 99.1 Å². The molecule has 0 aliphatic rings. The fourth-order valence-corrected chi connectivity index (χ4v) is 1.45. The van der Waals surface area contributed by atoms with Gasteiger partial charge in [-0.25, -0.2) is 0 Å². The Kier molecular flexibility index (Phi) is 36.5. The lowest BCUT2D eigenvalue weighted by atomic mass is 10.2. The second-order valence-corrected chi connectivity index (χ2v) is 3.70. The smallest absolute Gasteiger partial charge is 0.0408 e. The SMILES string of the molecule is C=C.C=CC=C.CC.CC.CC.CN(c1ccccc1)c1ccccc1. The standard InChI is InChI=1S/C13H13N.C4H6.3C2H6.C2H4/c1-14(12-8-4-2-5-9-12)13-10-6-3-7-11-13;1-3-4-2;4*1-2/h2-11H,1H3;3-4H,1-2H2;3*1-2H3;1-2H2. The van der Waals surface area contributed by atoms with Crippen LogP contribution in [0.15, 0.2) is 99.1 Å². The zero-order valence-electron chi connectivity index (χ0n) is 18.2. The Balaban J connectivity index is -0.000000171. The van der Waals surface area contributed by atoms with Crippen LogP contribution in [0.25, 0.3) is 0 Å². The molecular weight excluding hydrogens is 314 g/mol. The molecule has 0 fully saturated rings. The van der Waals surface area contributed by atoms with Crippen molar-refractivity contribution in [3.63, 3.8) is 0 Å². The molecule has 0 amide bonds. The molecule has 2 aromatic carbocycles. The Morgan fingerprint density at radius 3 is 1.00 bits per heavy atom. The fraction of sp³-hybridized carbons (Fsp3) is 0.280. The number of nitrogens with zero attached hydrogens (tertiary/aromatic N) is 1. The average molecular weight is 356 g/mol. The van der Waals surface area contributed by atoms with Crippen LogP contribution in [0.4, 0.5) is 11.4 Å². The molecule has 26 heavy (non-hydrogen) atoms. The van der Waals surface area contributed by atoms with Crippen LogP contribution in [0.5, 0.6) is 0 Å². The highest BCUT2D eigenvalue weighted by molar-refractivity contribution is 5.61. The molecule has 2 aromatic rings. The van der Waals surface area contributed by atoms with Gasteiger partial charge < -0.3 is 4.90 Å². The second-order valence-electron chi connectivity index (χ2n) is 3.70. The van der Waals surface area contributed by atoms with Crippen molar-refractivity contribution < 1.29 is 0 Å². The summed E-state index contributed by atoms with van der Waals surface area (Å²) in [6, 6.07) is 20.7. The van der Waals surface area contributed by atoms with E-state index in [1.165, 1.54) is 11.4 Å². The Morgan fingerprint density at radius 1 is 0.577 bits per heavy atom. The minimum atomic E-state index is 1.21. The second kappa shape index (κ2) is 30.4. The summed E-state index contributed by atoms with van der Waals surface area (Å²) in [5.74, 6) is 0. The topological polar surface area (TPSA) is 3.24 Å². The van der Waals surface area contributed by atoms with Gasteiger partial charge in [0.25, 0.3) is 0 Å². The molecule has 0 bridgehead atoms. The Bertz CT molecular complexity index is 429. The number of allylic oxidation sites excluding steroid dienone is 2. The van der Waals surface area contributed by atoms with Crippen molar-refractivity contribution in [2.24, 2.45) is 0 Å².